The molecule has 0 bridgehead atoms. The van der Waals surface area contributed by atoms with E-state index in [1.165, 1.54) is 22.6 Å². The molecule has 1 saturated carbocycles. The van der Waals surface area contributed by atoms with E-state index in [1.807, 2.05) is 17.8 Å². The summed E-state index contributed by atoms with van der Waals surface area (Å²) in [5.41, 5.74) is 0. The van der Waals surface area contributed by atoms with Crippen LogP contribution < -0.4 is 4.90 Å². The molecule has 20 heavy (non-hydrogen) atoms. The molecule has 2 aromatic rings. The fourth-order valence-corrected chi connectivity index (χ4v) is 3.76. The van der Waals surface area contributed by atoms with Crippen molar-refractivity contribution in [1.29, 1.82) is 0 Å². The van der Waals surface area contributed by atoms with Crippen molar-refractivity contribution in [1.82, 2.24) is 14.3 Å². The van der Waals surface area contributed by atoms with E-state index in [2.05, 4.69) is 17.7 Å². The first kappa shape index (κ1) is 14.3. The molecular formula is C13H18ClN4S2+. The molecular weight excluding hydrogens is 312 g/mol. The van der Waals surface area contributed by atoms with Crippen LogP contribution in [0.15, 0.2) is 12.1 Å². The SMILES string of the molecule is Cn1c(C2CC2)nn(C[NH+](C)Cc2ccc(Cl)s2)c1=S. The Hall–Kier alpha value is -0.690. The maximum absolute atomic E-state index is 5.97. The molecule has 2 aromatic heterocycles. The zero-order valence-electron chi connectivity index (χ0n) is 11.6. The van der Waals surface area contributed by atoms with Gasteiger partial charge in [0.25, 0.3) is 0 Å². The number of aromatic nitrogens is 3. The molecule has 0 saturated heterocycles. The number of quaternary nitrogens is 1. The minimum Gasteiger partial charge on any atom is -0.314 e. The van der Waals surface area contributed by atoms with Gasteiger partial charge in [0.1, 0.15) is 12.4 Å². The van der Waals surface area contributed by atoms with E-state index in [9.17, 15) is 0 Å². The Morgan fingerprint density at radius 2 is 2.25 bits per heavy atom. The van der Waals surface area contributed by atoms with Crippen LogP contribution in [0.25, 0.3) is 0 Å². The lowest BCUT2D eigenvalue weighted by molar-refractivity contribution is -0.917. The number of nitrogens with one attached hydrogen (secondary N) is 1. The largest absolute Gasteiger partial charge is 0.314 e. The molecule has 0 aromatic carbocycles. The second kappa shape index (κ2) is 5.60. The van der Waals surface area contributed by atoms with E-state index >= 15 is 0 Å². The summed E-state index contributed by atoms with van der Waals surface area (Å²) >= 11 is 13.1. The normalized spacial score (nSPS) is 16.6. The van der Waals surface area contributed by atoms with E-state index in [-0.39, 0.29) is 0 Å². The lowest BCUT2D eigenvalue weighted by Gasteiger charge is -2.12. The molecule has 0 spiro atoms. The van der Waals surface area contributed by atoms with Gasteiger partial charge in [-0.25, -0.2) is 0 Å². The summed E-state index contributed by atoms with van der Waals surface area (Å²) in [6.07, 6.45) is 2.49. The third-order valence-electron chi connectivity index (χ3n) is 3.54. The van der Waals surface area contributed by atoms with Gasteiger partial charge in [-0.15, -0.1) is 11.3 Å². The fraction of sp³-hybridized carbons (Fsp3) is 0.538. The fourth-order valence-electron chi connectivity index (χ4n) is 2.36. The first-order valence-corrected chi connectivity index (χ1v) is 8.34. The number of nitrogens with zero attached hydrogens (tertiary/aromatic N) is 3. The number of hydrogen-bond acceptors (Lipinski definition) is 3. The summed E-state index contributed by atoms with van der Waals surface area (Å²) in [6.45, 7) is 1.73. The van der Waals surface area contributed by atoms with E-state index in [0.717, 1.165) is 28.1 Å². The van der Waals surface area contributed by atoms with Gasteiger partial charge in [0.05, 0.1) is 16.3 Å². The monoisotopic (exact) mass is 329 g/mol. The molecule has 7 heteroatoms. The highest BCUT2D eigenvalue weighted by Gasteiger charge is 2.29. The molecule has 1 aliphatic carbocycles. The van der Waals surface area contributed by atoms with Crippen LogP contribution in [-0.2, 0) is 20.3 Å². The molecule has 1 unspecified atom stereocenters. The minimum atomic E-state index is 0.624. The number of halogens is 1. The quantitative estimate of drug-likeness (QED) is 0.852. The number of hydrogen-bond donors (Lipinski definition) is 1. The highest BCUT2D eigenvalue weighted by atomic mass is 35.5. The lowest BCUT2D eigenvalue weighted by Crippen LogP contribution is -3.06. The Kier molecular flexibility index (Phi) is 3.99. The van der Waals surface area contributed by atoms with E-state index in [1.54, 1.807) is 11.3 Å². The van der Waals surface area contributed by atoms with Crippen LogP contribution in [-0.4, -0.2) is 21.4 Å². The molecule has 2 heterocycles. The van der Waals surface area contributed by atoms with Crippen LogP contribution in [0.2, 0.25) is 4.34 Å². The van der Waals surface area contributed by atoms with Crippen molar-refractivity contribution in [2.24, 2.45) is 7.05 Å². The zero-order chi connectivity index (χ0) is 14.3. The molecule has 3 rings (SSSR count). The number of rotatable bonds is 5. The first-order chi connectivity index (χ1) is 9.54. The minimum absolute atomic E-state index is 0.624. The highest BCUT2D eigenvalue weighted by molar-refractivity contribution is 7.71. The van der Waals surface area contributed by atoms with E-state index in [4.69, 9.17) is 28.9 Å². The topological polar surface area (TPSA) is 27.2 Å². The second-order valence-electron chi connectivity index (χ2n) is 5.47. The van der Waals surface area contributed by atoms with Gasteiger partial charge in [-0.2, -0.15) is 9.78 Å². The van der Waals surface area contributed by atoms with Gasteiger partial charge in [0, 0.05) is 13.0 Å². The summed E-state index contributed by atoms with van der Waals surface area (Å²) in [6, 6.07) is 4.04. The van der Waals surface area contributed by atoms with Crippen LogP contribution in [0.4, 0.5) is 0 Å². The van der Waals surface area contributed by atoms with Gasteiger partial charge in [0.15, 0.2) is 6.67 Å². The Labute approximate surface area is 132 Å². The predicted octanol–water partition coefficient (Wildman–Crippen LogP) is 2.22. The Balaban J connectivity index is 1.71. The van der Waals surface area contributed by atoms with Gasteiger partial charge in [-0.1, -0.05) is 11.6 Å². The number of thiophene rings is 1. The smallest absolute Gasteiger partial charge is 0.202 e. The average Bonchev–Trinajstić information content (AvgIpc) is 3.11. The van der Waals surface area contributed by atoms with Gasteiger partial charge < -0.3 is 9.47 Å². The van der Waals surface area contributed by atoms with Crippen molar-refractivity contribution in [2.45, 2.75) is 32.0 Å². The molecule has 108 valence electrons. The molecule has 1 N–H and O–H groups in total. The van der Waals surface area contributed by atoms with Gasteiger partial charge in [-0.3, -0.25) is 0 Å². The van der Waals surface area contributed by atoms with Crippen LogP contribution in [0.1, 0.15) is 29.5 Å². The second-order valence-corrected chi connectivity index (χ2v) is 7.64. The molecule has 4 nitrogen and oxygen atoms in total. The van der Waals surface area contributed by atoms with Crippen molar-refractivity contribution in [2.75, 3.05) is 7.05 Å². The average molecular weight is 330 g/mol. The maximum Gasteiger partial charge on any atom is 0.202 e. The molecule has 1 aliphatic rings. The first-order valence-electron chi connectivity index (χ1n) is 6.74. The van der Waals surface area contributed by atoms with Crippen molar-refractivity contribution in [3.05, 3.63) is 31.9 Å². The molecule has 0 amide bonds. The van der Waals surface area contributed by atoms with Crippen molar-refractivity contribution in [3.63, 3.8) is 0 Å². The maximum atomic E-state index is 5.97. The third kappa shape index (κ3) is 2.98. The zero-order valence-corrected chi connectivity index (χ0v) is 14.0. The van der Waals surface area contributed by atoms with Crippen LogP contribution in [0.3, 0.4) is 0 Å². The van der Waals surface area contributed by atoms with Crippen molar-refractivity contribution in [3.8, 4) is 0 Å². The molecule has 0 radical (unpaired) electrons. The molecule has 1 fully saturated rings. The standard InChI is InChI=1S/C13H17ClN4S2/c1-16(7-10-5-6-11(14)20-10)8-18-13(19)17(2)12(15-18)9-3-4-9/h5-6,9H,3-4,7-8H2,1-2H3/p+1. The van der Waals surface area contributed by atoms with Crippen LogP contribution in [0.5, 0.6) is 0 Å². The predicted molar refractivity (Wildman–Crippen MR) is 83.9 cm³/mol. The summed E-state index contributed by atoms with van der Waals surface area (Å²) < 4.78 is 5.67. The Morgan fingerprint density at radius 1 is 1.50 bits per heavy atom. The summed E-state index contributed by atoms with van der Waals surface area (Å²) in [7, 11) is 4.18. The van der Waals surface area contributed by atoms with Crippen LogP contribution >= 0.6 is 35.2 Å². The van der Waals surface area contributed by atoms with Crippen LogP contribution in [0, 0.1) is 4.77 Å². The summed E-state index contributed by atoms with van der Waals surface area (Å²) in [4.78, 5) is 2.64. The molecule has 1 atom stereocenters. The van der Waals surface area contributed by atoms with Gasteiger partial charge >= 0.3 is 0 Å². The van der Waals surface area contributed by atoms with Gasteiger partial charge in [0.2, 0.25) is 4.77 Å². The summed E-state index contributed by atoms with van der Waals surface area (Å²) in [5, 5.41) is 4.69. The summed E-state index contributed by atoms with van der Waals surface area (Å²) in [5.74, 6) is 1.77. The Bertz CT molecular complexity index is 668. The Morgan fingerprint density at radius 3 is 2.85 bits per heavy atom. The van der Waals surface area contributed by atoms with Gasteiger partial charge in [-0.05, 0) is 37.2 Å². The lowest BCUT2D eigenvalue weighted by atomic mass is 10.4. The third-order valence-corrected chi connectivity index (χ3v) is 5.26. The van der Waals surface area contributed by atoms with Crippen molar-refractivity contribution >= 4 is 35.2 Å². The van der Waals surface area contributed by atoms with Crippen molar-refractivity contribution < 1.29 is 4.90 Å². The molecule has 0 aliphatic heterocycles. The van der Waals surface area contributed by atoms with E-state index < -0.39 is 0 Å². The van der Waals surface area contributed by atoms with E-state index in [0.29, 0.717) is 5.92 Å². The highest BCUT2D eigenvalue weighted by Crippen LogP contribution is 2.38.